The molecular formula is C13H18O5S. The van der Waals surface area contributed by atoms with E-state index in [4.69, 9.17) is 20.1 Å². The summed E-state index contributed by atoms with van der Waals surface area (Å²) in [4.78, 5) is 10.0. The van der Waals surface area contributed by atoms with Gasteiger partial charge in [0.1, 0.15) is 30.0 Å². The first-order valence-corrected chi connectivity index (χ1v) is 6.37. The highest BCUT2D eigenvalue weighted by Gasteiger charge is 2.39. The van der Waals surface area contributed by atoms with E-state index in [-0.39, 0.29) is 0 Å². The number of carbonyl (C=O) groups excluding carboxylic acids is 1. The first-order valence-electron chi connectivity index (χ1n) is 5.85. The minimum Gasteiger partial charge on any atom is -0.388 e. The molecule has 0 radical (unpaired) electrons. The number of rotatable bonds is 1. The maximum absolute atomic E-state index is 10.0. The topological polar surface area (TPSA) is 87.0 Å². The molecule has 19 heavy (non-hydrogen) atoms. The van der Waals surface area contributed by atoms with E-state index in [9.17, 15) is 4.79 Å². The van der Waals surface area contributed by atoms with Gasteiger partial charge in [-0.1, -0.05) is 30.3 Å². The summed E-state index contributed by atoms with van der Waals surface area (Å²) in [7, 11) is 0. The molecule has 0 bridgehead atoms. The van der Waals surface area contributed by atoms with E-state index >= 15 is 0 Å². The molecule has 1 aromatic rings. The molecule has 106 valence electrons. The molecule has 0 spiro atoms. The molecule has 0 saturated carbocycles. The molecule has 1 unspecified atom stereocenters. The summed E-state index contributed by atoms with van der Waals surface area (Å²) in [6.07, 6.45) is -2.98. The SMILES string of the molecule is C[C@H]1OC(S)[C@@H](O)[C@@H](O)[C@@H]1O.O=Cc1ccccc1. The highest BCUT2D eigenvalue weighted by atomic mass is 32.1. The minimum atomic E-state index is -1.17. The Kier molecular flexibility index (Phi) is 6.47. The second kappa shape index (κ2) is 7.62. The van der Waals surface area contributed by atoms with Crippen LogP contribution in [-0.4, -0.2) is 51.5 Å². The molecule has 5 nitrogen and oxygen atoms in total. The summed E-state index contributed by atoms with van der Waals surface area (Å²) in [5.41, 5.74) is 0.0101. The van der Waals surface area contributed by atoms with E-state index < -0.39 is 29.9 Å². The van der Waals surface area contributed by atoms with Crippen molar-refractivity contribution in [1.29, 1.82) is 0 Å². The van der Waals surface area contributed by atoms with Crippen LogP contribution in [0.2, 0.25) is 0 Å². The Morgan fingerprint density at radius 2 is 1.68 bits per heavy atom. The van der Waals surface area contributed by atoms with Crippen LogP contribution < -0.4 is 0 Å². The fraction of sp³-hybridized carbons (Fsp3) is 0.462. The second-order valence-corrected chi connectivity index (χ2v) is 4.74. The first kappa shape index (κ1) is 16.1. The van der Waals surface area contributed by atoms with E-state index in [1.54, 1.807) is 19.1 Å². The van der Waals surface area contributed by atoms with Gasteiger partial charge in [-0.2, -0.15) is 0 Å². The molecule has 1 heterocycles. The van der Waals surface area contributed by atoms with Gasteiger partial charge in [0.05, 0.1) is 6.10 Å². The third kappa shape index (κ3) is 4.59. The minimum absolute atomic E-state index is 0.490. The monoisotopic (exact) mass is 286 g/mol. The molecule has 2 rings (SSSR count). The molecule has 0 amide bonds. The van der Waals surface area contributed by atoms with E-state index in [2.05, 4.69) is 12.6 Å². The molecule has 1 aliphatic rings. The maximum atomic E-state index is 10.0. The van der Waals surface area contributed by atoms with E-state index in [0.717, 1.165) is 11.8 Å². The van der Waals surface area contributed by atoms with Gasteiger partial charge in [0.25, 0.3) is 0 Å². The van der Waals surface area contributed by atoms with Gasteiger partial charge in [0, 0.05) is 5.56 Å². The van der Waals surface area contributed by atoms with Gasteiger partial charge in [-0.3, -0.25) is 4.79 Å². The Hall–Kier alpha value is -0.920. The number of aliphatic hydroxyl groups is 3. The van der Waals surface area contributed by atoms with Crippen molar-refractivity contribution < 1.29 is 24.9 Å². The lowest BCUT2D eigenvalue weighted by molar-refractivity contribution is -0.191. The summed E-state index contributed by atoms with van der Waals surface area (Å²) in [6.45, 7) is 1.61. The number of aliphatic hydroxyl groups excluding tert-OH is 3. The highest BCUT2D eigenvalue weighted by molar-refractivity contribution is 7.80. The number of carbonyl (C=O) groups is 1. The van der Waals surface area contributed by atoms with E-state index in [1.807, 2.05) is 18.2 Å². The quantitative estimate of drug-likeness (QED) is 0.439. The second-order valence-electron chi connectivity index (χ2n) is 4.23. The predicted molar refractivity (Wildman–Crippen MR) is 73.2 cm³/mol. The van der Waals surface area contributed by atoms with Crippen molar-refractivity contribution >= 4 is 18.9 Å². The van der Waals surface area contributed by atoms with Gasteiger partial charge in [0.2, 0.25) is 0 Å². The van der Waals surface area contributed by atoms with Crippen molar-refractivity contribution in [2.75, 3.05) is 0 Å². The van der Waals surface area contributed by atoms with E-state index in [1.165, 1.54) is 0 Å². The zero-order valence-corrected chi connectivity index (χ0v) is 11.4. The van der Waals surface area contributed by atoms with Gasteiger partial charge in [0.15, 0.2) is 0 Å². The largest absolute Gasteiger partial charge is 0.388 e. The van der Waals surface area contributed by atoms with Crippen molar-refractivity contribution in [3.8, 4) is 0 Å². The van der Waals surface area contributed by atoms with E-state index in [0.29, 0.717) is 0 Å². The molecule has 1 saturated heterocycles. The Balaban J connectivity index is 0.000000200. The van der Waals surface area contributed by atoms with Gasteiger partial charge in [-0.25, -0.2) is 0 Å². The molecular weight excluding hydrogens is 268 g/mol. The summed E-state index contributed by atoms with van der Waals surface area (Å²) in [6, 6.07) is 9.10. The van der Waals surface area contributed by atoms with Crippen LogP contribution in [0.25, 0.3) is 0 Å². The van der Waals surface area contributed by atoms with Crippen molar-refractivity contribution in [3.63, 3.8) is 0 Å². The summed E-state index contributed by atoms with van der Waals surface area (Å²) >= 11 is 3.87. The zero-order valence-electron chi connectivity index (χ0n) is 10.5. The summed E-state index contributed by atoms with van der Waals surface area (Å²) in [5, 5.41) is 27.4. The van der Waals surface area contributed by atoms with Gasteiger partial charge >= 0.3 is 0 Å². The Bertz CT molecular complexity index is 372. The van der Waals surface area contributed by atoms with Crippen LogP contribution in [0, 0.1) is 0 Å². The summed E-state index contributed by atoms with van der Waals surface area (Å²) in [5.74, 6) is 0. The number of aldehydes is 1. The predicted octanol–water partition coefficient (Wildman–Crippen LogP) is 0.243. The van der Waals surface area contributed by atoms with Gasteiger partial charge in [-0.05, 0) is 6.92 Å². The maximum Gasteiger partial charge on any atom is 0.150 e. The van der Waals surface area contributed by atoms with Crippen LogP contribution in [0.3, 0.4) is 0 Å². The van der Waals surface area contributed by atoms with Crippen LogP contribution in [-0.2, 0) is 4.74 Å². The van der Waals surface area contributed by atoms with Gasteiger partial charge in [-0.15, -0.1) is 12.6 Å². The normalized spacial score (nSPS) is 34.1. The lowest BCUT2D eigenvalue weighted by atomic mass is 10.0. The number of hydrogen-bond acceptors (Lipinski definition) is 6. The number of benzene rings is 1. The molecule has 6 heteroatoms. The highest BCUT2D eigenvalue weighted by Crippen LogP contribution is 2.22. The van der Waals surface area contributed by atoms with Crippen molar-refractivity contribution in [1.82, 2.24) is 0 Å². The molecule has 0 aliphatic carbocycles. The first-order chi connectivity index (χ1) is 8.97. The fourth-order valence-corrected chi connectivity index (χ4v) is 1.93. The third-order valence-corrected chi connectivity index (χ3v) is 3.19. The number of hydrogen-bond donors (Lipinski definition) is 4. The van der Waals surface area contributed by atoms with Crippen LogP contribution >= 0.6 is 12.6 Å². The Morgan fingerprint density at radius 1 is 1.11 bits per heavy atom. The van der Waals surface area contributed by atoms with Crippen LogP contribution in [0.1, 0.15) is 17.3 Å². The Labute approximate surface area is 117 Å². The average molecular weight is 286 g/mol. The summed E-state index contributed by atoms with van der Waals surface area (Å²) < 4.78 is 4.99. The third-order valence-electron chi connectivity index (χ3n) is 2.76. The molecule has 0 aromatic heterocycles. The van der Waals surface area contributed by atoms with Crippen LogP contribution in [0.5, 0.6) is 0 Å². The molecule has 3 N–H and O–H groups in total. The lowest BCUT2D eigenvalue weighted by Crippen LogP contribution is -2.54. The Morgan fingerprint density at radius 3 is 2.16 bits per heavy atom. The zero-order chi connectivity index (χ0) is 14.4. The number of ether oxygens (including phenoxy) is 1. The molecule has 1 fully saturated rings. The smallest absolute Gasteiger partial charge is 0.150 e. The molecule has 5 atom stereocenters. The number of thiol groups is 1. The van der Waals surface area contributed by atoms with Crippen LogP contribution in [0.15, 0.2) is 30.3 Å². The lowest BCUT2D eigenvalue weighted by Gasteiger charge is -2.37. The van der Waals surface area contributed by atoms with Crippen molar-refractivity contribution in [2.45, 2.75) is 36.8 Å². The standard InChI is InChI=1S/C7H6O.C6H12O4S/c8-6-7-4-2-1-3-5-7;1-2-3(7)4(8)5(9)6(11)10-2/h1-6H;2-9,11H,1H3/t;2-,3-,4+,5+,6?/m.1/s1. The van der Waals surface area contributed by atoms with Crippen molar-refractivity contribution in [2.24, 2.45) is 0 Å². The van der Waals surface area contributed by atoms with Crippen LogP contribution in [0.4, 0.5) is 0 Å². The molecule has 1 aromatic carbocycles. The average Bonchev–Trinajstić information content (AvgIpc) is 2.44. The fourth-order valence-electron chi connectivity index (χ4n) is 1.56. The van der Waals surface area contributed by atoms with Gasteiger partial charge < -0.3 is 20.1 Å². The molecule has 1 aliphatic heterocycles. The van der Waals surface area contributed by atoms with Crippen molar-refractivity contribution in [3.05, 3.63) is 35.9 Å².